The zero-order valence-electron chi connectivity index (χ0n) is 10.5. The highest BCUT2D eigenvalue weighted by Gasteiger charge is 2.15. The van der Waals surface area contributed by atoms with Crippen LogP contribution in [0.5, 0.6) is 0 Å². The fraction of sp³-hybridized carbons (Fsp3) is 0.0667. The Hall–Kier alpha value is -2.62. The molecule has 0 saturated carbocycles. The van der Waals surface area contributed by atoms with Crippen LogP contribution in [0.3, 0.4) is 0 Å². The summed E-state index contributed by atoms with van der Waals surface area (Å²) in [5.74, 6) is 0.539. The standard InChI is InChI=1S/C15H13N3O/c1-11-14(13-8-5-9-16-10-13)17-15(18(11)19)12-6-3-2-4-7-12/h2-10,19H,1H3. The number of pyridine rings is 1. The average Bonchev–Trinajstić information content (AvgIpc) is 2.77. The minimum atomic E-state index is 0.539. The molecule has 0 radical (unpaired) electrons. The molecule has 4 heteroatoms. The van der Waals surface area contributed by atoms with E-state index < -0.39 is 0 Å². The van der Waals surface area contributed by atoms with Crippen LogP contribution in [0.1, 0.15) is 5.69 Å². The molecule has 0 aliphatic rings. The Balaban J connectivity index is 2.16. The van der Waals surface area contributed by atoms with Gasteiger partial charge in [-0.05, 0) is 19.1 Å². The highest BCUT2D eigenvalue weighted by Crippen LogP contribution is 2.26. The van der Waals surface area contributed by atoms with Crippen LogP contribution in [0.2, 0.25) is 0 Å². The molecule has 0 saturated heterocycles. The summed E-state index contributed by atoms with van der Waals surface area (Å²) >= 11 is 0. The van der Waals surface area contributed by atoms with Gasteiger partial charge >= 0.3 is 0 Å². The van der Waals surface area contributed by atoms with Crippen molar-refractivity contribution in [2.75, 3.05) is 0 Å². The molecule has 19 heavy (non-hydrogen) atoms. The van der Waals surface area contributed by atoms with Gasteiger partial charge in [0.05, 0.1) is 11.4 Å². The Kier molecular flexibility index (Phi) is 2.76. The molecule has 0 fully saturated rings. The predicted octanol–water partition coefficient (Wildman–Crippen LogP) is 3.16. The zero-order chi connectivity index (χ0) is 13.2. The second kappa shape index (κ2) is 4.57. The van der Waals surface area contributed by atoms with E-state index in [2.05, 4.69) is 9.97 Å². The van der Waals surface area contributed by atoms with Gasteiger partial charge in [0, 0.05) is 23.5 Å². The van der Waals surface area contributed by atoms with Crippen LogP contribution >= 0.6 is 0 Å². The third-order valence-electron chi connectivity index (χ3n) is 3.05. The molecule has 0 amide bonds. The minimum absolute atomic E-state index is 0.539. The molecule has 0 unspecified atom stereocenters. The first-order chi connectivity index (χ1) is 9.27. The quantitative estimate of drug-likeness (QED) is 0.712. The van der Waals surface area contributed by atoms with E-state index in [4.69, 9.17) is 0 Å². The maximum Gasteiger partial charge on any atom is 0.176 e. The number of nitrogens with zero attached hydrogens (tertiary/aromatic N) is 3. The predicted molar refractivity (Wildman–Crippen MR) is 72.8 cm³/mol. The van der Waals surface area contributed by atoms with Crippen molar-refractivity contribution in [3.05, 3.63) is 60.6 Å². The minimum Gasteiger partial charge on any atom is -0.427 e. The molecule has 0 aliphatic carbocycles. The molecular weight excluding hydrogens is 238 g/mol. The molecule has 1 N–H and O–H groups in total. The summed E-state index contributed by atoms with van der Waals surface area (Å²) in [6, 6.07) is 13.4. The van der Waals surface area contributed by atoms with Crippen molar-refractivity contribution in [1.82, 2.24) is 14.7 Å². The summed E-state index contributed by atoms with van der Waals surface area (Å²) < 4.78 is 1.12. The molecule has 0 bridgehead atoms. The van der Waals surface area contributed by atoms with Crippen molar-refractivity contribution in [2.24, 2.45) is 0 Å². The summed E-state index contributed by atoms with van der Waals surface area (Å²) in [5, 5.41) is 10.2. The molecule has 0 aliphatic heterocycles. The van der Waals surface area contributed by atoms with Crippen LogP contribution in [-0.2, 0) is 0 Å². The lowest BCUT2D eigenvalue weighted by molar-refractivity contribution is 0.185. The molecule has 2 heterocycles. The molecule has 4 nitrogen and oxygen atoms in total. The summed E-state index contributed by atoms with van der Waals surface area (Å²) in [5.41, 5.74) is 3.22. The summed E-state index contributed by atoms with van der Waals surface area (Å²) in [6.45, 7) is 1.84. The SMILES string of the molecule is Cc1c(-c2cccnc2)nc(-c2ccccc2)n1O. The van der Waals surface area contributed by atoms with Crippen molar-refractivity contribution in [2.45, 2.75) is 6.92 Å². The highest BCUT2D eigenvalue weighted by atomic mass is 16.5. The molecule has 0 atom stereocenters. The number of hydrogen-bond donors (Lipinski definition) is 1. The highest BCUT2D eigenvalue weighted by molar-refractivity contribution is 5.67. The summed E-state index contributed by atoms with van der Waals surface area (Å²) in [4.78, 5) is 8.61. The molecule has 3 aromatic rings. The molecule has 3 rings (SSSR count). The average molecular weight is 251 g/mol. The molecule has 2 aromatic heterocycles. The van der Waals surface area contributed by atoms with E-state index in [-0.39, 0.29) is 0 Å². The van der Waals surface area contributed by atoms with Crippen LogP contribution in [0.25, 0.3) is 22.6 Å². The molecule has 0 spiro atoms. The van der Waals surface area contributed by atoms with Gasteiger partial charge in [0.25, 0.3) is 0 Å². The van der Waals surface area contributed by atoms with Crippen molar-refractivity contribution in [3.63, 3.8) is 0 Å². The molecule has 1 aromatic carbocycles. The van der Waals surface area contributed by atoms with Gasteiger partial charge < -0.3 is 5.21 Å². The number of imidazole rings is 1. The van der Waals surface area contributed by atoms with Gasteiger partial charge in [0.1, 0.15) is 0 Å². The lowest BCUT2D eigenvalue weighted by Crippen LogP contribution is -1.96. The summed E-state index contributed by atoms with van der Waals surface area (Å²) in [6.07, 6.45) is 3.46. The van der Waals surface area contributed by atoms with Crippen LogP contribution in [0.15, 0.2) is 54.9 Å². The van der Waals surface area contributed by atoms with E-state index in [1.165, 1.54) is 0 Å². The van der Waals surface area contributed by atoms with Gasteiger partial charge in [-0.3, -0.25) is 4.98 Å². The van der Waals surface area contributed by atoms with E-state index in [0.717, 1.165) is 21.6 Å². The van der Waals surface area contributed by atoms with Crippen molar-refractivity contribution in [3.8, 4) is 22.6 Å². The maximum absolute atomic E-state index is 10.2. The largest absolute Gasteiger partial charge is 0.427 e. The van der Waals surface area contributed by atoms with Crippen molar-refractivity contribution in [1.29, 1.82) is 0 Å². The van der Waals surface area contributed by atoms with Gasteiger partial charge in [0.2, 0.25) is 0 Å². The monoisotopic (exact) mass is 251 g/mol. The second-order valence-electron chi connectivity index (χ2n) is 4.29. The normalized spacial score (nSPS) is 10.6. The van der Waals surface area contributed by atoms with E-state index >= 15 is 0 Å². The maximum atomic E-state index is 10.2. The Bertz CT molecular complexity index is 630. The topological polar surface area (TPSA) is 50.9 Å². The summed E-state index contributed by atoms with van der Waals surface area (Å²) in [7, 11) is 0. The third-order valence-corrected chi connectivity index (χ3v) is 3.05. The smallest absolute Gasteiger partial charge is 0.176 e. The fourth-order valence-corrected chi connectivity index (χ4v) is 2.04. The fourth-order valence-electron chi connectivity index (χ4n) is 2.04. The van der Waals surface area contributed by atoms with Gasteiger partial charge in [-0.1, -0.05) is 30.3 Å². The van der Waals surface area contributed by atoms with Crippen LogP contribution < -0.4 is 0 Å². The van der Waals surface area contributed by atoms with Crippen LogP contribution in [0, 0.1) is 6.92 Å². The first kappa shape index (κ1) is 11.5. The van der Waals surface area contributed by atoms with Gasteiger partial charge in [-0.15, -0.1) is 0 Å². The molecule has 94 valence electrons. The van der Waals surface area contributed by atoms with E-state index in [1.807, 2.05) is 49.4 Å². The zero-order valence-corrected chi connectivity index (χ0v) is 10.5. The Labute approximate surface area is 111 Å². The first-order valence-electron chi connectivity index (χ1n) is 6.02. The van der Waals surface area contributed by atoms with Crippen LogP contribution in [0.4, 0.5) is 0 Å². The lowest BCUT2D eigenvalue weighted by atomic mass is 10.2. The van der Waals surface area contributed by atoms with Crippen molar-refractivity contribution < 1.29 is 5.21 Å². The Morgan fingerprint density at radius 2 is 1.74 bits per heavy atom. The van der Waals surface area contributed by atoms with E-state index in [0.29, 0.717) is 11.5 Å². The Morgan fingerprint density at radius 3 is 2.42 bits per heavy atom. The number of hydrogen-bond acceptors (Lipinski definition) is 3. The second-order valence-corrected chi connectivity index (χ2v) is 4.29. The third kappa shape index (κ3) is 1.97. The van der Waals surface area contributed by atoms with E-state index in [1.54, 1.807) is 12.4 Å². The number of aromatic nitrogens is 3. The van der Waals surface area contributed by atoms with E-state index in [9.17, 15) is 5.21 Å². The van der Waals surface area contributed by atoms with Crippen molar-refractivity contribution >= 4 is 0 Å². The Morgan fingerprint density at radius 1 is 1.00 bits per heavy atom. The van der Waals surface area contributed by atoms with Gasteiger partial charge in [-0.25, -0.2) is 4.98 Å². The van der Waals surface area contributed by atoms with Crippen LogP contribution in [-0.4, -0.2) is 19.9 Å². The lowest BCUT2D eigenvalue weighted by Gasteiger charge is -2.00. The number of benzene rings is 1. The number of rotatable bonds is 2. The molecular formula is C15H13N3O. The van der Waals surface area contributed by atoms with Gasteiger partial charge in [0.15, 0.2) is 5.82 Å². The van der Waals surface area contributed by atoms with Gasteiger partial charge in [-0.2, -0.15) is 4.73 Å². The first-order valence-corrected chi connectivity index (χ1v) is 6.02.